The van der Waals surface area contributed by atoms with Crippen molar-refractivity contribution in [3.05, 3.63) is 12.2 Å². The minimum Gasteiger partial charge on any atom is -0.465 e. The Labute approximate surface area is 267 Å². The maximum absolute atomic E-state index is 14.2. The van der Waals surface area contributed by atoms with Gasteiger partial charge in [-0.15, -0.1) is 0 Å². The van der Waals surface area contributed by atoms with E-state index in [-0.39, 0.29) is 37.0 Å². The molecule has 252 valence electrons. The SMILES string of the molecule is CC(C)(C)[Si](C)(C)OC1CC2C(=O)NC3(C(=O)NS(=O)(=O)C4CC4)CC3/C=C\CCCN(C3CC3)CC(NC(=O)O)C(=O)N2C1. The second kappa shape index (κ2) is 12.3. The van der Waals surface area contributed by atoms with Crippen LogP contribution in [0.25, 0.3) is 0 Å². The van der Waals surface area contributed by atoms with Crippen LogP contribution in [0.2, 0.25) is 18.1 Å². The van der Waals surface area contributed by atoms with Gasteiger partial charge in [-0.2, -0.15) is 0 Å². The van der Waals surface area contributed by atoms with Crippen molar-refractivity contribution in [3.8, 4) is 0 Å². The number of carboxylic acid groups (broad SMARTS) is 1. The van der Waals surface area contributed by atoms with E-state index in [1.165, 1.54) is 4.90 Å². The third-order valence-corrected chi connectivity index (χ3v) is 16.7. The van der Waals surface area contributed by atoms with Crippen LogP contribution >= 0.6 is 0 Å². The Morgan fingerprint density at radius 2 is 1.82 bits per heavy atom. The molecular weight excluding hydrogens is 619 g/mol. The standard InChI is InChI=1S/C30H49N5O8SSi/c1-29(2,3)45(4,5)43-21-15-24-25(36)32-30(27(38)33-44(41,42)22-12-13-22)16-19(30)9-7-6-8-14-34(20-10-11-20)18-23(31-28(39)40)26(37)35(24)17-21/h7,9,19-24,31H,6,8,10-18H2,1-5H3,(H,32,36)(H,33,38)(H,39,40)/b9-7-. The molecule has 5 unspecified atom stereocenters. The van der Waals surface area contributed by atoms with Gasteiger partial charge in [0.05, 0.1) is 11.4 Å². The summed E-state index contributed by atoms with van der Waals surface area (Å²) >= 11 is 0. The van der Waals surface area contributed by atoms with Gasteiger partial charge in [-0.05, 0) is 69.6 Å². The van der Waals surface area contributed by atoms with Gasteiger partial charge in [-0.25, -0.2) is 13.2 Å². The largest absolute Gasteiger partial charge is 0.465 e. The molecule has 0 radical (unpaired) electrons. The monoisotopic (exact) mass is 667 g/mol. The smallest absolute Gasteiger partial charge is 0.405 e. The third kappa shape index (κ3) is 7.57. The van der Waals surface area contributed by atoms with Crippen LogP contribution in [0.4, 0.5) is 4.79 Å². The Bertz CT molecular complexity index is 1340. The average Bonchev–Trinajstić information content (AvgIpc) is 3.79. The van der Waals surface area contributed by atoms with Crippen molar-refractivity contribution in [2.75, 3.05) is 19.6 Å². The molecule has 3 aliphatic carbocycles. The summed E-state index contributed by atoms with van der Waals surface area (Å²) in [4.78, 5) is 57.3. The maximum Gasteiger partial charge on any atom is 0.405 e. The number of hydrogen-bond donors (Lipinski definition) is 4. The predicted molar refractivity (Wildman–Crippen MR) is 169 cm³/mol. The van der Waals surface area contributed by atoms with Gasteiger partial charge >= 0.3 is 6.09 Å². The first-order chi connectivity index (χ1) is 20.9. The molecule has 0 aromatic carbocycles. The number of nitrogens with one attached hydrogen (secondary N) is 3. The zero-order chi connectivity index (χ0) is 32.9. The predicted octanol–water partition coefficient (Wildman–Crippen LogP) is 1.91. The average molecular weight is 668 g/mol. The van der Waals surface area contributed by atoms with Crippen LogP contribution in [0.1, 0.15) is 72.1 Å². The number of hydrogen-bond acceptors (Lipinski definition) is 8. The summed E-state index contributed by atoms with van der Waals surface area (Å²) in [5, 5.41) is 14.2. The van der Waals surface area contributed by atoms with Gasteiger partial charge in [-0.1, -0.05) is 32.9 Å². The molecule has 45 heavy (non-hydrogen) atoms. The normalized spacial score (nSPS) is 32.8. The highest BCUT2D eigenvalue weighted by molar-refractivity contribution is 7.91. The minimum absolute atomic E-state index is 0.100. The molecule has 4 fully saturated rings. The zero-order valence-electron chi connectivity index (χ0n) is 27.0. The molecule has 13 nitrogen and oxygen atoms in total. The van der Waals surface area contributed by atoms with Crippen LogP contribution in [0.15, 0.2) is 12.2 Å². The molecule has 0 aromatic heterocycles. The molecule has 2 aliphatic heterocycles. The molecular formula is C30H49N5O8SSi. The van der Waals surface area contributed by atoms with Crippen LogP contribution in [0.5, 0.6) is 0 Å². The van der Waals surface area contributed by atoms with Gasteiger partial charge in [0.2, 0.25) is 21.8 Å². The maximum atomic E-state index is 14.2. The highest BCUT2D eigenvalue weighted by atomic mass is 32.2. The van der Waals surface area contributed by atoms with Gasteiger partial charge in [-0.3, -0.25) is 24.0 Å². The van der Waals surface area contributed by atoms with E-state index in [1.54, 1.807) is 0 Å². The van der Waals surface area contributed by atoms with E-state index in [1.807, 2.05) is 12.2 Å². The van der Waals surface area contributed by atoms with E-state index >= 15 is 0 Å². The van der Waals surface area contributed by atoms with E-state index in [9.17, 15) is 32.7 Å². The Kier molecular flexibility index (Phi) is 9.23. The van der Waals surface area contributed by atoms with E-state index in [0.717, 1.165) is 19.3 Å². The number of carbonyl (C=O) groups is 4. The topological polar surface area (TPSA) is 174 Å². The molecule has 0 bridgehead atoms. The molecule has 5 rings (SSSR count). The van der Waals surface area contributed by atoms with E-state index < -0.39 is 77.0 Å². The summed E-state index contributed by atoms with van der Waals surface area (Å²) in [6.45, 7) is 11.4. The van der Waals surface area contributed by atoms with Crippen molar-refractivity contribution in [3.63, 3.8) is 0 Å². The number of carbonyl (C=O) groups excluding carboxylic acids is 3. The van der Waals surface area contributed by atoms with Crippen LogP contribution in [-0.2, 0) is 28.8 Å². The molecule has 5 aliphatic rings. The van der Waals surface area contributed by atoms with E-state index in [0.29, 0.717) is 25.8 Å². The Hall–Kier alpha value is -2.49. The fraction of sp³-hybridized carbons (Fsp3) is 0.800. The van der Waals surface area contributed by atoms with Crippen molar-refractivity contribution in [1.82, 2.24) is 25.2 Å². The van der Waals surface area contributed by atoms with Gasteiger partial charge in [0, 0.05) is 31.5 Å². The van der Waals surface area contributed by atoms with Crippen molar-refractivity contribution >= 4 is 42.2 Å². The lowest BCUT2D eigenvalue weighted by atomic mass is 10.1. The Morgan fingerprint density at radius 3 is 2.42 bits per heavy atom. The van der Waals surface area contributed by atoms with Crippen molar-refractivity contribution in [1.29, 1.82) is 0 Å². The molecule has 5 atom stereocenters. The number of sulfonamides is 1. The molecule has 15 heteroatoms. The molecule has 1 saturated heterocycles. The zero-order valence-corrected chi connectivity index (χ0v) is 28.8. The van der Waals surface area contributed by atoms with Gasteiger partial charge in [0.25, 0.3) is 5.91 Å². The fourth-order valence-electron chi connectivity index (χ4n) is 6.24. The van der Waals surface area contributed by atoms with Gasteiger partial charge in [0.1, 0.15) is 17.6 Å². The van der Waals surface area contributed by atoms with Crippen molar-refractivity contribution in [2.24, 2.45) is 5.92 Å². The summed E-state index contributed by atoms with van der Waals surface area (Å²) in [7, 11) is -6.17. The quantitative estimate of drug-likeness (QED) is 0.234. The molecule has 3 saturated carbocycles. The lowest BCUT2D eigenvalue weighted by Crippen LogP contribution is -2.59. The van der Waals surface area contributed by atoms with Gasteiger partial charge in [0.15, 0.2) is 8.32 Å². The number of allylic oxidation sites excluding steroid dienone is 1. The molecule has 2 heterocycles. The summed E-state index contributed by atoms with van der Waals surface area (Å²) in [5.74, 6) is -2.26. The number of amides is 4. The lowest BCUT2D eigenvalue weighted by molar-refractivity contribution is -0.141. The first-order valence-corrected chi connectivity index (χ1v) is 20.7. The summed E-state index contributed by atoms with van der Waals surface area (Å²) in [6.07, 6.45) is 6.81. The van der Waals surface area contributed by atoms with E-state index in [2.05, 4.69) is 54.1 Å². The fourth-order valence-corrected chi connectivity index (χ4v) is 8.96. The van der Waals surface area contributed by atoms with Crippen LogP contribution in [0.3, 0.4) is 0 Å². The molecule has 4 amide bonds. The number of rotatable bonds is 7. The first kappa shape index (κ1) is 33.9. The van der Waals surface area contributed by atoms with Crippen molar-refractivity contribution < 1.29 is 37.1 Å². The lowest BCUT2D eigenvalue weighted by Gasteiger charge is -2.38. The number of nitrogens with zero attached hydrogens (tertiary/aromatic N) is 2. The van der Waals surface area contributed by atoms with Gasteiger partial charge < -0.3 is 25.1 Å². The van der Waals surface area contributed by atoms with Crippen LogP contribution in [0, 0.1) is 5.92 Å². The minimum atomic E-state index is -3.85. The summed E-state index contributed by atoms with van der Waals surface area (Å²) < 4.78 is 34.3. The molecule has 0 spiro atoms. The second-order valence-corrected chi connectivity index (χ2v) is 21.7. The Balaban J connectivity index is 1.47. The van der Waals surface area contributed by atoms with E-state index in [4.69, 9.17) is 4.43 Å². The van der Waals surface area contributed by atoms with Crippen molar-refractivity contribution in [2.45, 2.75) is 125 Å². The van der Waals surface area contributed by atoms with Crippen LogP contribution < -0.4 is 15.4 Å². The highest BCUT2D eigenvalue weighted by Crippen LogP contribution is 2.46. The van der Waals surface area contributed by atoms with Crippen LogP contribution in [-0.4, -0.2) is 110 Å². The summed E-state index contributed by atoms with van der Waals surface area (Å²) in [5.41, 5.74) is -1.46. The molecule has 4 N–H and O–H groups in total. The first-order valence-electron chi connectivity index (χ1n) is 16.2. The Morgan fingerprint density at radius 1 is 1.13 bits per heavy atom. The highest BCUT2D eigenvalue weighted by Gasteiger charge is 2.62. The second-order valence-electron chi connectivity index (χ2n) is 15.0. The summed E-state index contributed by atoms with van der Waals surface area (Å²) in [6, 6.07) is -1.85. The third-order valence-electron chi connectivity index (χ3n) is 10.3. The number of fused-ring (bicyclic) bond motifs is 2. The molecule has 0 aromatic rings.